The molecule has 0 aliphatic carbocycles. The third-order valence-corrected chi connectivity index (χ3v) is 4.19. The Morgan fingerprint density at radius 1 is 1.71 bits per heavy atom. The van der Waals surface area contributed by atoms with Crippen molar-refractivity contribution in [1.82, 2.24) is 4.98 Å². The van der Waals surface area contributed by atoms with Crippen LogP contribution in [0.1, 0.15) is 35.8 Å². The molecule has 0 aromatic carbocycles. The van der Waals surface area contributed by atoms with Gasteiger partial charge in [0, 0.05) is 23.0 Å². The van der Waals surface area contributed by atoms with Crippen LogP contribution in [0, 0.1) is 0 Å². The van der Waals surface area contributed by atoms with Crippen LogP contribution in [-0.4, -0.2) is 34.5 Å². The van der Waals surface area contributed by atoms with Crippen molar-refractivity contribution in [2.24, 2.45) is 0 Å². The Morgan fingerprint density at radius 3 is 3.12 bits per heavy atom. The Balaban J connectivity index is 2.43. The Bertz CT molecular complexity index is 354. The molecular formula is C11H17NO3S2. The van der Waals surface area contributed by atoms with E-state index in [-0.39, 0.29) is 12.6 Å². The van der Waals surface area contributed by atoms with Crippen LogP contribution in [0.4, 0.5) is 0 Å². The molecule has 0 aliphatic heterocycles. The normalized spacial score (nSPS) is 12.4. The number of aliphatic hydroxyl groups excluding tert-OH is 1. The van der Waals surface area contributed by atoms with Crippen LogP contribution in [0.25, 0.3) is 0 Å². The third-order valence-electron chi connectivity index (χ3n) is 2.05. The van der Waals surface area contributed by atoms with E-state index in [1.54, 1.807) is 18.7 Å². The molecule has 0 bridgehead atoms. The van der Waals surface area contributed by atoms with Crippen LogP contribution in [0.2, 0.25) is 0 Å². The van der Waals surface area contributed by atoms with Crippen molar-refractivity contribution in [3.63, 3.8) is 0 Å². The lowest BCUT2D eigenvalue weighted by Gasteiger charge is -2.07. The van der Waals surface area contributed by atoms with Gasteiger partial charge in [-0.1, -0.05) is 6.92 Å². The standard InChI is InChI=1S/C11H17NO3S2/c1-3-15-11(14)10-12-9(7-17-10)6-16-8(2)4-5-13/h7-8,13H,3-6H2,1-2H3. The topological polar surface area (TPSA) is 59.4 Å². The molecule has 17 heavy (non-hydrogen) atoms. The van der Waals surface area contributed by atoms with E-state index in [0.717, 1.165) is 17.9 Å². The zero-order valence-corrected chi connectivity index (χ0v) is 11.6. The molecule has 0 fully saturated rings. The number of hydrogen-bond acceptors (Lipinski definition) is 6. The van der Waals surface area contributed by atoms with E-state index >= 15 is 0 Å². The highest BCUT2D eigenvalue weighted by molar-refractivity contribution is 7.99. The van der Waals surface area contributed by atoms with Gasteiger partial charge in [-0.3, -0.25) is 0 Å². The maximum Gasteiger partial charge on any atom is 0.367 e. The summed E-state index contributed by atoms with van der Waals surface area (Å²) < 4.78 is 4.87. The van der Waals surface area contributed by atoms with Gasteiger partial charge in [0.15, 0.2) is 0 Å². The molecule has 4 nitrogen and oxygen atoms in total. The highest BCUT2D eigenvalue weighted by Gasteiger charge is 2.12. The van der Waals surface area contributed by atoms with Gasteiger partial charge in [-0.05, 0) is 13.3 Å². The van der Waals surface area contributed by atoms with E-state index in [4.69, 9.17) is 9.84 Å². The predicted octanol–water partition coefficient (Wildman–Crippen LogP) is 2.32. The summed E-state index contributed by atoms with van der Waals surface area (Å²) in [5.41, 5.74) is 0.896. The molecule has 0 saturated heterocycles. The molecule has 1 N–H and O–H groups in total. The highest BCUT2D eigenvalue weighted by atomic mass is 32.2. The van der Waals surface area contributed by atoms with Gasteiger partial charge in [-0.15, -0.1) is 11.3 Å². The molecule has 6 heteroatoms. The molecule has 1 heterocycles. The maximum absolute atomic E-state index is 11.4. The first kappa shape index (κ1) is 14.5. The number of hydrogen-bond donors (Lipinski definition) is 1. The fourth-order valence-corrected chi connectivity index (χ4v) is 2.84. The minimum atomic E-state index is -0.350. The van der Waals surface area contributed by atoms with Crippen molar-refractivity contribution < 1.29 is 14.6 Å². The fraction of sp³-hybridized carbons (Fsp3) is 0.636. The van der Waals surface area contributed by atoms with Gasteiger partial charge in [-0.25, -0.2) is 9.78 Å². The number of rotatable bonds is 7. The number of thioether (sulfide) groups is 1. The lowest BCUT2D eigenvalue weighted by atomic mass is 10.3. The van der Waals surface area contributed by atoms with Crippen molar-refractivity contribution in [2.75, 3.05) is 13.2 Å². The quantitative estimate of drug-likeness (QED) is 0.774. The SMILES string of the molecule is CCOC(=O)c1nc(CSC(C)CCO)cs1. The van der Waals surface area contributed by atoms with Crippen LogP contribution in [0.3, 0.4) is 0 Å². The highest BCUT2D eigenvalue weighted by Crippen LogP contribution is 2.21. The van der Waals surface area contributed by atoms with Gasteiger partial charge < -0.3 is 9.84 Å². The first-order valence-electron chi connectivity index (χ1n) is 5.51. The van der Waals surface area contributed by atoms with Gasteiger partial charge in [0.05, 0.1) is 12.3 Å². The average molecular weight is 275 g/mol. The first-order valence-corrected chi connectivity index (χ1v) is 7.44. The Kier molecular flexibility index (Phi) is 6.54. The molecular weight excluding hydrogens is 258 g/mol. The molecule has 0 saturated carbocycles. The average Bonchev–Trinajstić information content (AvgIpc) is 2.76. The van der Waals surface area contributed by atoms with Crippen LogP contribution in [0.5, 0.6) is 0 Å². The van der Waals surface area contributed by atoms with Crippen molar-refractivity contribution in [1.29, 1.82) is 0 Å². The number of aliphatic hydroxyl groups is 1. The van der Waals surface area contributed by atoms with Gasteiger partial charge in [0.1, 0.15) is 0 Å². The number of aromatic nitrogens is 1. The number of carbonyl (C=O) groups excluding carboxylic acids is 1. The summed E-state index contributed by atoms with van der Waals surface area (Å²) in [5.74, 6) is 0.411. The molecule has 1 rings (SSSR count). The zero-order valence-electron chi connectivity index (χ0n) is 10.0. The summed E-state index contributed by atoms with van der Waals surface area (Å²) in [7, 11) is 0. The molecule has 0 radical (unpaired) electrons. The van der Waals surface area contributed by atoms with Crippen molar-refractivity contribution in [3.05, 3.63) is 16.1 Å². The van der Waals surface area contributed by atoms with E-state index in [1.165, 1.54) is 11.3 Å². The molecule has 1 aromatic rings. The smallest absolute Gasteiger partial charge is 0.367 e. The summed E-state index contributed by atoms with van der Waals surface area (Å²) >= 11 is 3.04. The van der Waals surface area contributed by atoms with E-state index < -0.39 is 0 Å². The van der Waals surface area contributed by atoms with E-state index in [9.17, 15) is 4.79 Å². The number of carbonyl (C=O) groups is 1. The second kappa shape index (κ2) is 7.68. The van der Waals surface area contributed by atoms with Crippen LogP contribution in [-0.2, 0) is 10.5 Å². The number of thiazole rings is 1. The lowest BCUT2D eigenvalue weighted by Crippen LogP contribution is -2.04. The maximum atomic E-state index is 11.4. The van der Waals surface area contributed by atoms with Crippen LogP contribution in [0.15, 0.2) is 5.38 Å². The number of ether oxygens (including phenoxy) is 1. The number of esters is 1. The molecule has 96 valence electrons. The summed E-state index contributed by atoms with van der Waals surface area (Å²) in [6.07, 6.45) is 0.777. The molecule has 0 spiro atoms. The minimum Gasteiger partial charge on any atom is -0.461 e. The first-order chi connectivity index (χ1) is 8.17. The van der Waals surface area contributed by atoms with Crippen molar-refractivity contribution >= 4 is 29.1 Å². The summed E-state index contributed by atoms with van der Waals surface area (Å²) in [6.45, 7) is 4.42. The summed E-state index contributed by atoms with van der Waals surface area (Å²) in [5, 5.41) is 11.5. The van der Waals surface area contributed by atoms with Crippen LogP contribution >= 0.6 is 23.1 Å². The number of nitrogens with zero attached hydrogens (tertiary/aromatic N) is 1. The van der Waals surface area contributed by atoms with Crippen molar-refractivity contribution in [3.8, 4) is 0 Å². The molecule has 1 aromatic heterocycles. The Hall–Kier alpha value is -0.590. The molecule has 1 atom stereocenters. The second-order valence-electron chi connectivity index (χ2n) is 3.50. The second-order valence-corrected chi connectivity index (χ2v) is 5.78. The van der Waals surface area contributed by atoms with E-state index in [0.29, 0.717) is 16.9 Å². The summed E-state index contributed by atoms with van der Waals surface area (Å²) in [4.78, 5) is 15.6. The monoisotopic (exact) mass is 275 g/mol. The zero-order chi connectivity index (χ0) is 12.7. The third kappa shape index (κ3) is 5.06. The van der Waals surface area contributed by atoms with Crippen LogP contribution < -0.4 is 0 Å². The lowest BCUT2D eigenvalue weighted by molar-refractivity contribution is 0.0525. The van der Waals surface area contributed by atoms with Crippen molar-refractivity contribution in [2.45, 2.75) is 31.3 Å². The van der Waals surface area contributed by atoms with Gasteiger partial charge in [-0.2, -0.15) is 11.8 Å². The largest absolute Gasteiger partial charge is 0.461 e. The minimum absolute atomic E-state index is 0.208. The van der Waals surface area contributed by atoms with E-state index in [2.05, 4.69) is 11.9 Å². The van der Waals surface area contributed by atoms with Gasteiger partial charge >= 0.3 is 5.97 Å². The molecule has 1 unspecified atom stereocenters. The van der Waals surface area contributed by atoms with Gasteiger partial charge in [0.2, 0.25) is 5.01 Å². The van der Waals surface area contributed by atoms with E-state index in [1.807, 2.05) is 5.38 Å². The molecule has 0 aliphatic rings. The predicted molar refractivity (Wildman–Crippen MR) is 70.5 cm³/mol. The Morgan fingerprint density at radius 2 is 2.47 bits per heavy atom. The summed E-state index contributed by atoms with van der Waals surface area (Å²) in [6, 6.07) is 0. The molecule has 0 amide bonds. The Labute approximate surface area is 109 Å². The fourth-order valence-electron chi connectivity index (χ4n) is 1.15. The van der Waals surface area contributed by atoms with Gasteiger partial charge in [0.25, 0.3) is 0 Å².